The number of aliphatic hydroxyl groups is 1. The highest BCUT2D eigenvalue weighted by Gasteiger charge is 2.03. The number of allylic oxidation sites excluding steroid dienone is 3. The summed E-state index contributed by atoms with van der Waals surface area (Å²) in [5.41, 5.74) is 0. The van der Waals surface area contributed by atoms with Crippen molar-refractivity contribution in [1.29, 1.82) is 0 Å². The first-order valence-electron chi connectivity index (χ1n) is 7.78. The van der Waals surface area contributed by atoms with E-state index in [1.165, 1.54) is 7.11 Å². The molecule has 22 heavy (non-hydrogen) atoms. The lowest BCUT2D eigenvalue weighted by atomic mass is 10.1. The minimum Gasteiger partial charge on any atom is -0.469 e. The third-order valence-corrected chi connectivity index (χ3v) is 2.97. The van der Waals surface area contributed by atoms with Gasteiger partial charge in [0.2, 0.25) is 0 Å². The van der Waals surface area contributed by atoms with Crippen LogP contribution in [0.1, 0.15) is 45.4 Å². The summed E-state index contributed by atoms with van der Waals surface area (Å²) in [6, 6.07) is 0. The molecule has 0 saturated heterocycles. The van der Waals surface area contributed by atoms with Gasteiger partial charge in [-0.3, -0.25) is 9.59 Å². The third-order valence-electron chi connectivity index (χ3n) is 2.97. The lowest BCUT2D eigenvalue weighted by Gasteiger charge is -2.04. The summed E-state index contributed by atoms with van der Waals surface area (Å²) in [6.07, 6.45) is 9.90. The molecule has 5 heteroatoms. The van der Waals surface area contributed by atoms with Crippen LogP contribution >= 0.6 is 0 Å². The van der Waals surface area contributed by atoms with E-state index in [0.717, 1.165) is 12.8 Å². The van der Waals surface area contributed by atoms with E-state index < -0.39 is 6.10 Å². The van der Waals surface area contributed by atoms with Gasteiger partial charge in [0.05, 0.1) is 19.8 Å². The number of carbonyl (C=O) groups excluding carboxylic acids is 2. The molecule has 0 amide bonds. The number of ether oxygens (including phenoxy) is 2. The van der Waals surface area contributed by atoms with Crippen LogP contribution in [-0.2, 0) is 19.1 Å². The predicted octanol–water partition coefficient (Wildman–Crippen LogP) is 2.58. The van der Waals surface area contributed by atoms with E-state index in [0.29, 0.717) is 38.9 Å². The Hall–Kier alpha value is -1.46. The van der Waals surface area contributed by atoms with Crippen LogP contribution in [0.4, 0.5) is 0 Å². The lowest BCUT2D eigenvalue weighted by Crippen LogP contribution is -2.05. The molecule has 1 atom stereocenters. The molecule has 0 spiro atoms. The Morgan fingerprint density at radius 3 is 2.59 bits per heavy atom. The van der Waals surface area contributed by atoms with Gasteiger partial charge in [-0.25, -0.2) is 0 Å². The molecule has 0 saturated carbocycles. The zero-order valence-corrected chi connectivity index (χ0v) is 13.6. The number of hydrogen-bond donors (Lipinski definition) is 1. The SMILES string of the molecule is CCOCCC(=O)C=CCCC=CC(O)CCCC(=O)OC. The van der Waals surface area contributed by atoms with Crippen LogP contribution < -0.4 is 0 Å². The van der Waals surface area contributed by atoms with Gasteiger partial charge in [-0.05, 0) is 38.7 Å². The number of carbonyl (C=O) groups is 2. The summed E-state index contributed by atoms with van der Waals surface area (Å²) in [5, 5.41) is 9.68. The molecule has 0 aromatic heterocycles. The Balaban J connectivity index is 3.63. The van der Waals surface area contributed by atoms with Gasteiger partial charge in [-0.1, -0.05) is 18.2 Å². The maximum atomic E-state index is 11.4. The quantitative estimate of drug-likeness (QED) is 0.245. The standard InChI is InChI=1S/C17H28O5/c1-3-22-14-13-16(19)10-7-5-4-6-9-15(18)11-8-12-17(20)21-2/h6-7,9-10,15,18H,3-5,8,11-14H2,1-2H3. The Morgan fingerprint density at radius 1 is 1.18 bits per heavy atom. The van der Waals surface area contributed by atoms with Crippen molar-refractivity contribution >= 4 is 11.8 Å². The van der Waals surface area contributed by atoms with E-state index in [1.807, 2.05) is 19.1 Å². The van der Waals surface area contributed by atoms with Gasteiger partial charge in [0, 0.05) is 19.4 Å². The molecule has 0 aliphatic heterocycles. The second-order valence-electron chi connectivity index (χ2n) is 4.86. The van der Waals surface area contributed by atoms with Crippen molar-refractivity contribution in [3.8, 4) is 0 Å². The minimum absolute atomic E-state index is 0.0697. The van der Waals surface area contributed by atoms with E-state index in [2.05, 4.69) is 4.74 Å². The summed E-state index contributed by atoms with van der Waals surface area (Å²) >= 11 is 0. The Morgan fingerprint density at radius 2 is 1.91 bits per heavy atom. The first kappa shape index (κ1) is 20.5. The zero-order valence-electron chi connectivity index (χ0n) is 13.6. The average Bonchev–Trinajstić information content (AvgIpc) is 2.50. The van der Waals surface area contributed by atoms with E-state index in [1.54, 1.807) is 12.2 Å². The number of methoxy groups -OCH3 is 1. The molecular formula is C17H28O5. The molecule has 0 aliphatic carbocycles. The Labute approximate surface area is 133 Å². The van der Waals surface area contributed by atoms with Gasteiger partial charge in [-0.2, -0.15) is 0 Å². The number of ketones is 1. The number of esters is 1. The van der Waals surface area contributed by atoms with Gasteiger partial charge in [0.1, 0.15) is 0 Å². The second-order valence-corrected chi connectivity index (χ2v) is 4.86. The lowest BCUT2D eigenvalue weighted by molar-refractivity contribution is -0.140. The summed E-state index contributed by atoms with van der Waals surface area (Å²) in [6.45, 7) is 3.00. The highest BCUT2D eigenvalue weighted by atomic mass is 16.5. The third kappa shape index (κ3) is 13.5. The molecule has 0 bridgehead atoms. The van der Waals surface area contributed by atoms with Gasteiger partial charge in [0.25, 0.3) is 0 Å². The molecule has 5 nitrogen and oxygen atoms in total. The molecule has 0 aromatic carbocycles. The first-order valence-corrected chi connectivity index (χ1v) is 7.78. The van der Waals surface area contributed by atoms with E-state index in [9.17, 15) is 14.7 Å². The topological polar surface area (TPSA) is 72.8 Å². The van der Waals surface area contributed by atoms with Crippen molar-refractivity contribution in [2.24, 2.45) is 0 Å². The highest BCUT2D eigenvalue weighted by Crippen LogP contribution is 2.04. The van der Waals surface area contributed by atoms with Crippen LogP contribution in [0, 0.1) is 0 Å². The van der Waals surface area contributed by atoms with Crippen LogP contribution in [0.5, 0.6) is 0 Å². The first-order chi connectivity index (χ1) is 10.6. The number of aliphatic hydroxyl groups excluding tert-OH is 1. The van der Waals surface area contributed by atoms with Crippen molar-refractivity contribution in [2.75, 3.05) is 20.3 Å². The zero-order chi connectivity index (χ0) is 16.6. The van der Waals surface area contributed by atoms with E-state index in [4.69, 9.17) is 4.74 Å². The second kappa shape index (κ2) is 14.5. The van der Waals surface area contributed by atoms with E-state index >= 15 is 0 Å². The molecule has 0 radical (unpaired) electrons. The largest absolute Gasteiger partial charge is 0.469 e. The van der Waals surface area contributed by atoms with Crippen LogP contribution in [-0.4, -0.2) is 43.3 Å². The fraction of sp³-hybridized carbons (Fsp3) is 0.647. The van der Waals surface area contributed by atoms with Gasteiger partial charge < -0.3 is 14.6 Å². The van der Waals surface area contributed by atoms with E-state index in [-0.39, 0.29) is 11.8 Å². The van der Waals surface area contributed by atoms with Crippen molar-refractivity contribution < 1.29 is 24.2 Å². The van der Waals surface area contributed by atoms with Crippen LogP contribution in [0.3, 0.4) is 0 Å². The highest BCUT2D eigenvalue weighted by molar-refractivity contribution is 5.89. The summed E-state index contributed by atoms with van der Waals surface area (Å²) in [5.74, 6) is -0.185. The molecule has 0 aromatic rings. The predicted molar refractivity (Wildman–Crippen MR) is 85.5 cm³/mol. The molecule has 0 aliphatic rings. The van der Waals surface area contributed by atoms with Crippen molar-refractivity contribution in [3.05, 3.63) is 24.3 Å². The smallest absolute Gasteiger partial charge is 0.305 e. The molecule has 0 rings (SSSR count). The average molecular weight is 312 g/mol. The monoisotopic (exact) mass is 312 g/mol. The fourth-order valence-electron chi connectivity index (χ4n) is 1.71. The maximum Gasteiger partial charge on any atom is 0.305 e. The summed E-state index contributed by atoms with van der Waals surface area (Å²) in [4.78, 5) is 22.3. The number of hydrogen-bond acceptors (Lipinski definition) is 5. The molecule has 1 N–H and O–H groups in total. The summed E-state index contributed by atoms with van der Waals surface area (Å²) in [7, 11) is 1.35. The maximum absolute atomic E-state index is 11.4. The van der Waals surface area contributed by atoms with Crippen LogP contribution in [0.2, 0.25) is 0 Å². The van der Waals surface area contributed by atoms with Crippen molar-refractivity contribution in [2.45, 2.75) is 51.6 Å². The van der Waals surface area contributed by atoms with Gasteiger partial charge in [-0.15, -0.1) is 0 Å². The molecule has 126 valence electrons. The summed E-state index contributed by atoms with van der Waals surface area (Å²) < 4.78 is 9.63. The molecular weight excluding hydrogens is 284 g/mol. The minimum atomic E-state index is -0.540. The Bertz CT molecular complexity index is 360. The van der Waals surface area contributed by atoms with Crippen LogP contribution in [0.15, 0.2) is 24.3 Å². The fourth-order valence-corrected chi connectivity index (χ4v) is 1.71. The Kier molecular flexibility index (Phi) is 13.5. The van der Waals surface area contributed by atoms with Gasteiger partial charge >= 0.3 is 5.97 Å². The molecule has 0 heterocycles. The number of rotatable bonds is 13. The van der Waals surface area contributed by atoms with Gasteiger partial charge in [0.15, 0.2) is 5.78 Å². The molecule has 1 unspecified atom stereocenters. The number of unbranched alkanes of at least 4 members (excludes halogenated alkanes) is 1. The van der Waals surface area contributed by atoms with Crippen molar-refractivity contribution in [1.82, 2.24) is 0 Å². The van der Waals surface area contributed by atoms with Crippen LogP contribution in [0.25, 0.3) is 0 Å². The normalized spacial score (nSPS) is 12.9. The van der Waals surface area contributed by atoms with Crippen molar-refractivity contribution in [3.63, 3.8) is 0 Å². The molecule has 0 fully saturated rings.